The van der Waals surface area contributed by atoms with E-state index in [0.29, 0.717) is 0 Å². The third-order valence-corrected chi connectivity index (χ3v) is 5.12. The molecule has 0 unspecified atom stereocenters. The molecule has 0 bridgehead atoms. The first-order valence-electron chi connectivity index (χ1n) is 9.54. The van der Waals surface area contributed by atoms with Gasteiger partial charge in [0.05, 0.1) is 6.10 Å². The molecule has 2 N–H and O–H groups in total. The van der Waals surface area contributed by atoms with E-state index in [4.69, 9.17) is 4.74 Å². The number of hydrogen-bond acceptors (Lipinski definition) is 4. The maximum absolute atomic E-state index is 12.5. The Morgan fingerprint density at radius 2 is 1.54 bits per heavy atom. The summed E-state index contributed by atoms with van der Waals surface area (Å²) in [6, 6.07) is 15.2. The summed E-state index contributed by atoms with van der Waals surface area (Å²) >= 11 is 0. The van der Waals surface area contributed by atoms with Crippen molar-refractivity contribution in [1.82, 2.24) is 5.32 Å². The Labute approximate surface area is 165 Å². The van der Waals surface area contributed by atoms with E-state index < -0.39 is 23.7 Å². The van der Waals surface area contributed by atoms with Gasteiger partial charge in [0, 0.05) is 11.3 Å². The third kappa shape index (κ3) is 3.94. The lowest BCUT2D eigenvalue weighted by Gasteiger charge is -2.27. The van der Waals surface area contributed by atoms with Gasteiger partial charge >= 0.3 is 6.09 Å². The van der Waals surface area contributed by atoms with Crippen LogP contribution >= 0.6 is 0 Å². The third-order valence-electron chi connectivity index (χ3n) is 5.12. The molecule has 0 aromatic heterocycles. The Balaban J connectivity index is 1.72. The van der Waals surface area contributed by atoms with Gasteiger partial charge in [-0.05, 0) is 29.2 Å². The second-order valence-corrected chi connectivity index (χ2v) is 8.30. The van der Waals surface area contributed by atoms with Gasteiger partial charge in [-0.25, -0.2) is 4.79 Å². The first kappa shape index (κ1) is 20.1. The van der Waals surface area contributed by atoms with Crippen molar-refractivity contribution in [3.05, 3.63) is 59.7 Å². The van der Waals surface area contributed by atoms with Gasteiger partial charge in [0.15, 0.2) is 5.78 Å². The number of aliphatic hydroxyl groups is 1. The van der Waals surface area contributed by atoms with Gasteiger partial charge in [0.1, 0.15) is 12.6 Å². The number of aliphatic hydroxyl groups excluding tert-OH is 1. The highest BCUT2D eigenvalue weighted by Crippen LogP contribution is 2.44. The smallest absolute Gasteiger partial charge is 0.407 e. The van der Waals surface area contributed by atoms with Crippen LogP contribution in [0.4, 0.5) is 4.79 Å². The zero-order chi connectivity index (χ0) is 20.5. The van der Waals surface area contributed by atoms with Gasteiger partial charge in [0.25, 0.3) is 0 Å². The fourth-order valence-corrected chi connectivity index (χ4v) is 3.64. The average molecular weight is 381 g/mol. The largest absolute Gasteiger partial charge is 0.449 e. The normalized spacial score (nSPS) is 15.3. The number of carbonyl (C=O) groups excluding carboxylic acids is 2. The number of amides is 1. The molecule has 0 heterocycles. The van der Waals surface area contributed by atoms with Crippen molar-refractivity contribution in [2.45, 2.75) is 45.8 Å². The summed E-state index contributed by atoms with van der Waals surface area (Å²) in [7, 11) is 0. The number of nitrogens with one attached hydrogen (secondary N) is 1. The van der Waals surface area contributed by atoms with Crippen LogP contribution in [0.15, 0.2) is 48.5 Å². The molecule has 0 aliphatic heterocycles. The predicted molar refractivity (Wildman–Crippen MR) is 108 cm³/mol. The van der Waals surface area contributed by atoms with Crippen molar-refractivity contribution in [1.29, 1.82) is 0 Å². The second-order valence-electron chi connectivity index (χ2n) is 8.30. The van der Waals surface area contributed by atoms with E-state index in [-0.39, 0.29) is 18.3 Å². The Kier molecular flexibility index (Phi) is 5.57. The van der Waals surface area contributed by atoms with E-state index in [9.17, 15) is 14.7 Å². The number of hydrogen-bond donors (Lipinski definition) is 2. The number of ether oxygens (including phenoxy) is 1. The Morgan fingerprint density at radius 1 is 1.04 bits per heavy atom. The second kappa shape index (κ2) is 7.76. The molecule has 5 nitrogen and oxygen atoms in total. The first-order chi connectivity index (χ1) is 13.2. The van der Waals surface area contributed by atoms with Gasteiger partial charge in [-0.1, -0.05) is 69.3 Å². The van der Waals surface area contributed by atoms with Crippen LogP contribution in [0.25, 0.3) is 11.1 Å². The van der Waals surface area contributed by atoms with Crippen molar-refractivity contribution >= 4 is 11.9 Å². The summed E-state index contributed by atoms with van der Waals surface area (Å²) in [6.07, 6.45) is -1.71. The molecule has 2 aromatic carbocycles. The lowest BCUT2D eigenvalue weighted by molar-refractivity contribution is -0.130. The van der Waals surface area contributed by atoms with Crippen LogP contribution in [-0.2, 0) is 9.53 Å². The number of fused-ring (bicyclic) bond motifs is 3. The number of alkyl carbamates (subject to hydrolysis) is 1. The van der Waals surface area contributed by atoms with Crippen LogP contribution < -0.4 is 5.32 Å². The van der Waals surface area contributed by atoms with Crippen molar-refractivity contribution in [2.24, 2.45) is 5.41 Å². The van der Waals surface area contributed by atoms with Crippen molar-refractivity contribution in [3.63, 3.8) is 0 Å². The standard InChI is InChI=1S/C23H27NO4/c1-14(25)20(21(26)23(2,3)4)24-22(27)28-13-19-17-11-7-5-9-15(17)16-10-6-8-12-18(16)19/h5-12,14,19-20,25H,13H2,1-4H3,(H,24,27)/t14-,20+/m1/s1. The lowest BCUT2D eigenvalue weighted by Crippen LogP contribution is -2.51. The quantitative estimate of drug-likeness (QED) is 0.824. The molecule has 5 heteroatoms. The molecular formula is C23H27NO4. The maximum atomic E-state index is 12.5. The van der Waals surface area contributed by atoms with Crippen LogP contribution in [0.1, 0.15) is 44.7 Å². The van der Waals surface area contributed by atoms with Crippen LogP contribution in [-0.4, -0.2) is 35.7 Å². The van der Waals surface area contributed by atoms with Crippen molar-refractivity contribution in [2.75, 3.05) is 6.61 Å². The number of carbonyl (C=O) groups is 2. The number of ketones is 1. The summed E-state index contributed by atoms with van der Waals surface area (Å²) in [4.78, 5) is 24.9. The lowest BCUT2D eigenvalue weighted by atomic mass is 9.85. The molecule has 1 aliphatic rings. The Bertz CT molecular complexity index is 837. The van der Waals surface area contributed by atoms with Gasteiger partial charge in [-0.15, -0.1) is 0 Å². The molecule has 2 atom stereocenters. The van der Waals surface area contributed by atoms with E-state index in [1.54, 1.807) is 20.8 Å². The Hall–Kier alpha value is -2.66. The number of benzene rings is 2. The maximum Gasteiger partial charge on any atom is 0.407 e. The molecule has 2 aromatic rings. The van der Waals surface area contributed by atoms with E-state index >= 15 is 0 Å². The molecule has 3 rings (SSSR count). The van der Waals surface area contributed by atoms with Crippen molar-refractivity contribution in [3.8, 4) is 11.1 Å². The summed E-state index contributed by atoms with van der Waals surface area (Å²) in [5.74, 6) is -0.294. The van der Waals surface area contributed by atoms with E-state index in [2.05, 4.69) is 17.4 Å². The summed E-state index contributed by atoms with van der Waals surface area (Å²) in [6.45, 7) is 6.91. The molecule has 148 valence electrons. The highest BCUT2D eigenvalue weighted by atomic mass is 16.5. The Morgan fingerprint density at radius 3 is 2.00 bits per heavy atom. The molecule has 0 fully saturated rings. The monoisotopic (exact) mass is 381 g/mol. The minimum atomic E-state index is -1.01. The predicted octanol–water partition coefficient (Wildman–Crippen LogP) is 3.89. The highest BCUT2D eigenvalue weighted by Gasteiger charge is 2.35. The van der Waals surface area contributed by atoms with Gasteiger partial charge in [-0.2, -0.15) is 0 Å². The van der Waals surface area contributed by atoms with Gasteiger partial charge in [-0.3, -0.25) is 4.79 Å². The molecule has 0 spiro atoms. The minimum absolute atomic E-state index is 0.0542. The van der Waals surface area contributed by atoms with Gasteiger partial charge in [0.2, 0.25) is 0 Å². The fraction of sp³-hybridized carbons (Fsp3) is 0.391. The molecule has 0 saturated carbocycles. The van der Waals surface area contributed by atoms with E-state index in [1.165, 1.54) is 6.92 Å². The van der Waals surface area contributed by atoms with Gasteiger partial charge < -0.3 is 15.2 Å². The molecule has 28 heavy (non-hydrogen) atoms. The molecule has 0 saturated heterocycles. The highest BCUT2D eigenvalue weighted by molar-refractivity contribution is 5.91. The average Bonchev–Trinajstić information content (AvgIpc) is 2.97. The molecule has 1 amide bonds. The summed E-state index contributed by atoms with van der Waals surface area (Å²) in [5.41, 5.74) is 3.86. The number of rotatable bonds is 5. The summed E-state index contributed by atoms with van der Waals surface area (Å²) in [5, 5.41) is 12.5. The molecule has 0 radical (unpaired) electrons. The van der Waals surface area contributed by atoms with E-state index in [0.717, 1.165) is 22.3 Å². The summed E-state index contributed by atoms with van der Waals surface area (Å²) < 4.78 is 5.47. The first-order valence-corrected chi connectivity index (χ1v) is 9.54. The van der Waals surface area contributed by atoms with Crippen molar-refractivity contribution < 1.29 is 19.4 Å². The van der Waals surface area contributed by atoms with Crippen LogP contribution in [0.3, 0.4) is 0 Å². The SMILES string of the molecule is C[C@@H](O)[C@H](NC(=O)OCC1c2ccccc2-c2ccccc21)C(=O)C(C)(C)C. The molecular weight excluding hydrogens is 354 g/mol. The number of Topliss-reactive ketones (excluding diaryl/α,β-unsaturated/α-hetero) is 1. The van der Waals surface area contributed by atoms with Crippen LogP contribution in [0, 0.1) is 5.41 Å². The minimum Gasteiger partial charge on any atom is -0.449 e. The zero-order valence-electron chi connectivity index (χ0n) is 16.7. The van der Waals surface area contributed by atoms with E-state index in [1.807, 2.05) is 36.4 Å². The van der Waals surface area contributed by atoms with Crippen LogP contribution in [0.2, 0.25) is 0 Å². The fourth-order valence-electron chi connectivity index (χ4n) is 3.64. The zero-order valence-corrected chi connectivity index (χ0v) is 16.7. The van der Waals surface area contributed by atoms with Crippen LogP contribution in [0.5, 0.6) is 0 Å². The topological polar surface area (TPSA) is 75.6 Å². The molecule has 1 aliphatic carbocycles.